The molecule has 226 valence electrons. The number of nitrogen functional groups attached to an aromatic ring is 1. The molecule has 0 saturated carbocycles. The Kier molecular flexibility index (Phi) is 6.91. The van der Waals surface area contributed by atoms with E-state index in [4.69, 9.17) is 5.73 Å². The standard InChI is InChI=1S/C30H22F5N5O3S/c1-16-2-5-19(6-3-16)44(42,43)40-14-22(26-28(36)37-15-38-29(26)40)20-7-9-24-21(27(20)32)10-11-39(24)25(41)13-17-12-18(30(33,34)35)4-8-23(17)31/h2-9,12,14-15H,10-11,13H2,1H3,(H2,36,37,38). The highest BCUT2D eigenvalue weighted by Crippen LogP contribution is 2.41. The molecule has 0 atom stereocenters. The van der Waals surface area contributed by atoms with E-state index < -0.39 is 51.3 Å². The Bertz CT molecular complexity index is 2080. The first-order valence-corrected chi connectivity index (χ1v) is 14.6. The Hall–Kier alpha value is -4.85. The fraction of sp³-hybridized carbons (Fsp3) is 0.167. The highest BCUT2D eigenvalue weighted by atomic mass is 32.2. The zero-order valence-corrected chi connectivity index (χ0v) is 23.7. The summed E-state index contributed by atoms with van der Waals surface area (Å²) in [5.74, 6) is -2.52. The van der Waals surface area contributed by atoms with Crippen LogP contribution in [0.25, 0.3) is 22.2 Å². The molecule has 1 aliphatic rings. The molecular formula is C30H22F5N5O3S. The molecule has 1 amide bonds. The number of carbonyl (C=O) groups is 1. The van der Waals surface area contributed by atoms with Crippen molar-refractivity contribution in [2.45, 2.75) is 30.8 Å². The van der Waals surface area contributed by atoms with Crippen molar-refractivity contribution in [2.24, 2.45) is 0 Å². The Morgan fingerprint density at radius 3 is 2.43 bits per heavy atom. The van der Waals surface area contributed by atoms with Gasteiger partial charge in [0.15, 0.2) is 5.65 Å². The molecule has 2 N–H and O–H groups in total. The van der Waals surface area contributed by atoms with Crippen LogP contribution >= 0.6 is 0 Å². The topological polar surface area (TPSA) is 111 Å². The van der Waals surface area contributed by atoms with Gasteiger partial charge in [-0.25, -0.2) is 31.1 Å². The summed E-state index contributed by atoms with van der Waals surface area (Å²) in [5.41, 5.74) is 5.75. The van der Waals surface area contributed by atoms with Crippen LogP contribution in [0.4, 0.5) is 33.5 Å². The van der Waals surface area contributed by atoms with Crippen molar-refractivity contribution in [3.05, 3.63) is 101 Å². The predicted octanol–water partition coefficient (Wildman–Crippen LogP) is 5.65. The van der Waals surface area contributed by atoms with Crippen LogP contribution in [0.1, 0.15) is 22.3 Å². The third-order valence-electron chi connectivity index (χ3n) is 7.56. The number of hydrogen-bond acceptors (Lipinski definition) is 6. The number of carbonyl (C=O) groups excluding carboxylic acids is 1. The number of alkyl halides is 3. The number of halogens is 5. The monoisotopic (exact) mass is 627 g/mol. The molecule has 2 aromatic heterocycles. The van der Waals surface area contributed by atoms with Crippen LogP contribution in [-0.4, -0.2) is 34.8 Å². The van der Waals surface area contributed by atoms with E-state index in [0.29, 0.717) is 18.2 Å². The summed E-state index contributed by atoms with van der Waals surface area (Å²) in [6.45, 7) is 1.81. The molecule has 0 saturated heterocycles. The van der Waals surface area contributed by atoms with Crippen molar-refractivity contribution in [1.29, 1.82) is 0 Å². The predicted molar refractivity (Wildman–Crippen MR) is 152 cm³/mol. The van der Waals surface area contributed by atoms with E-state index in [-0.39, 0.29) is 57.1 Å². The third kappa shape index (κ3) is 4.84. The number of nitrogens with zero attached hydrogens (tertiary/aromatic N) is 4. The minimum atomic E-state index is -4.72. The molecule has 6 rings (SSSR count). The molecule has 3 aromatic carbocycles. The second-order valence-electron chi connectivity index (χ2n) is 10.3. The van der Waals surface area contributed by atoms with Gasteiger partial charge in [-0.1, -0.05) is 17.7 Å². The van der Waals surface area contributed by atoms with Gasteiger partial charge in [0.05, 0.1) is 22.3 Å². The molecule has 5 aromatic rings. The Balaban J connectivity index is 1.39. The lowest BCUT2D eigenvalue weighted by Crippen LogP contribution is -2.30. The van der Waals surface area contributed by atoms with Gasteiger partial charge in [-0.15, -0.1) is 0 Å². The fourth-order valence-corrected chi connectivity index (χ4v) is 6.64. The molecule has 0 spiro atoms. The van der Waals surface area contributed by atoms with E-state index in [2.05, 4.69) is 9.97 Å². The maximum absolute atomic E-state index is 16.1. The van der Waals surface area contributed by atoms with Gasteiger partial charge in [0.2, 0.25) is 5.91 Å². The summed E-state index contributed by atoms with van der Waals surface area (Å²) in [5, 5.41) is 0.105. The maximum Gasteiger partial charge on any atom is 0.416 e. The van der Waals surface area contributed by atoms with Crippen molar-refractivity contribution >= 4 is 38.5 Å². The summed E-state index contributed by atoms with van der Waals surface area (Å²) in [4.78, 5) is 22.3. The third-order valence-corrected chi connectivity index (χ3v) is 9.22. The molecular weight excluding hydrogens is 605 g/mol. The van der Waals surface area contributed by atoms with Gasteiger partial charge >= 0.3 is 6.18 Å². The second-order valence-corrected chi connectivity index (χ2v) is 12.1. The number of rotatable bonds is 5. The quantitative estimate of drug-likeness (QED) is 0.252. The Morgan fingerprint density at radius 2 is 1.73 bits per heavy atom. The first-order chi connectivity index (χ1) is 20.8. The molecule has 44 heavy (non-hydrogen) atoms. The SMILES string of the molecule is Cc1ccc(S(=O)(=O)n2cc(-c3ccc4c(c3F)CCN4C(=O)Cc3cc(C(F)(F)F)ccc3F)c3c(N)ncnc32)cc1. The number of hydrogen-bond donors (Lipinski definition) is 1. The lowest BCUT2D eigenvalue weighted by molar-refractivity contribution is -0.137. The van der Waals surface area contributed by atoms with E-state index in [9.17, 15) is 30.8 Å². The van der Waals surface area contributed by atoms with Crippen molar-refractivity contribution in [3.63, 3.8) is 0 Å². The maximum atomic E-state index is 16.1. The van der Waals surface area contributed by atoms with Crippen LogP contribution in [0, 0.1) is 18.6 Å². The fourth-order valence-electron chi connectivity index (χ4n) is 5.33. The van der Waals surface area contributed by atoms with Crippen LogP contribution in [0.15, 0.2) is 72.0 Å². The molecule has 0 radical (unpaired) electrons. The summed E-state index contributed by atoms with van der Waals surface area (Å²) in [6, 6.07) is 10.8. The number of nitrogens with two attached hydrogens (primary N) is 1. The largest absolute Gasteiger partial charge is 0.416 e. The highest BCUT2D eigenvalue weighted by molar-refractivity contribution is 7.90. The van der Waals surface area contributed by atoms with E-state index >= 15 is 4.39 Å². The van der Waals surface area contributed by atoms with Crippen molar-refractivity contribution in [3.8, 4) is 11.1 Å². The van der Waals surface area contributed by atoms with Gasteiger partial charge in [-0.3, -0.25) is 4.79 Å². The van der Waals surface area contributed by atoms with E-state index in [1.165, 1.54) is 35.4 Å². The Morgan fingerprint density at radius 1 is 1.00 bits per heavy atom. The van der Waals surface area contributed by atoms with Crippen molar-refractivity contribution in [2.75, 3.05) is 17.2 Å². The van der Waals surface area contributed by atoms with Gasteiger partial charge in [0.25, 0.3) is 10.0 Å². The van der Waals surface area contributed by atoms with Crippen molar-refractivity contribution < 1.29 is 35.2 Å². The van der Waals surface area contributed by atoms with Crippen LogP contribution in [0.5, 0.6) is 0 Å². The number of aryl methyl sites for hydroxylation is 1. The molecule has 0 aliphatic carbocycles. The first kappa shape index (κ1) is 29.2. The molecule has 0 bridgehead atoms. The molecule has 0 fully saturated rings. The molecule has 14 heteroatoms. The molecule has 8 nitrogen and oxygen atoms in total. The normalized spacial score (nSPS) is 13.5. The minimum Gasteiger partial charge on any atom is -0.383 e. The van der Waals surface area contributed by atoms with Gasteiger partial charge in [0, 0.05) is 35.1 Å². The lowest BCUT2D eigenvalue weighted by atomic mass is 10.0. The van der Waals surface area contributed by atoms with E-state index in [1.54, 1.807) is 12.1 Å². The van der Waals surface area contributed by atoms with Crippen LogP contribution in [0.3, 0.4) is 0 Å². The average molecular weight is 628 g/mol. The zero-order valence-electron chi connectivity index (χ0n) is 22.9. The minimum absolute atomic E-state index is 0.00390. The lowest BCUT2D eigenvalue weighted by Gasteiger charge is -2.19. The van der Waals surface area contributed by atoms with Crippen LogP contribution < -0.4 is 10.6 Å². The van der Waals surface area contributed by atoms with Crippen LogP contribution in [0.2, 0.25) is 0 Å². The first-order valence-electron chi connectivity index (χ1n) is 13.2. The number of amides is 1. The number of benzene rings is 3. The highest BCUT2D eigenvalue weighted by Gasteiger charge is 2.33. The smallest absolute Gasteiger partial charge is 0.383 e. The second kappa shape index (κ2) is 10.4. The summed E-state index contributed by atoms with van der Waals surface area (Å²) in [7, 11) is -4.18. The number of anilines is 2. The molecule has 1 aliphatic heterocycles. The molecule has 3 heterocycles. The van der Waals surface area contributed by atoms with E-state index in [1.807, 2.05) is 6.92 Å². The molecule has 0 unspecified atom stereocenters. The Labute approximate surface area is 247 Å². The van der Waals surface area contributed by atoms with Crippen LogP contribution in [-0.2, 0) is 33.8 Å². The number of fused-ring (bicyclic) bond motifs is 2. The average Bonchev–Trinajstić information content (AvgIpc) is 3.58. The summed E-state index contributed by atoms with van der Waals surface area (Å²) >= 11 is 0. The van der Waals surface area contributed by atoms with Gasteiger partial charge < -0.3 is 10.6 Å². The van der Waals surface area contributed by atoms with Gasteiger partial charge in [0.1, 0.15) is 23.8 Å². The van der Waals surface area contributed by atoms with Crippen molar-refractivity contribution in [1.82, 2.24) is 13.9 Å². The summed E-state index contributed by atoms with van der Waals surface area (Å²) in [6.07, 6.45) is -3.03. The number of aromatic nitrogens is 3. The zero-order chi connectivity index (χ0) is 31.6. The van der Waals surface area contributed by atoms with E-state index in [0.717, 1.165) is 15.9 Å². The summed E-state index contributed by atoms with van der Waals surface area (Å²) < 4.78 is 98.0. The van der Waals surface area contributed by atoms with Gasteiger partial charge in [-0.05, 0) is 61.4 Å². The van der Waals surface area contributed by atoms with Gasteiger partial charge in [-0.2, -0.15) is 13.2 Å².